The van der Waals surface area contributed by atoms with Crippen molar-refractivity contribution >= 4 is 0 Å². The highest BCUT2D eigenvalue weighted by atomic mass is 15.3. The Bertz CT molecular complexity index is 176. The van der Waals surface area contributed by atoms with Gasteiger partial charge in [-0.25, -0.2) is 0 Å². The highest BCUT2D eigenvalue weighted by molar-refractivity contribution is 4.76. The molecule has 2 atom stereocenters. The number of piperazine rings is 1. The SMILES string of the molecule is CCC(C)N1CCN(CCC(C)NC)CC1. The summed E-state index contributed by atoms with van der Waals surface area (Å²) in [6, 6.07) is 1.41. The molecule has 1 aliphatic rings. The molecule has 1 saturated heterocycles. The van der Waals surface area contributed by atoms with Crippen molar-refractivity contribution in [3.63, 3.8) is 0 Å². The minimum atomic E-state index is 0.646. The number of rotatable bonds is 6. The van der Waals surface area contributed by atoms with E-state index in [-0.39, 0.29) is 0 Å². The maximum Gasteiger partial charge on any atom is 0.0113 e. The van der Waals surface area contributed by atoms with Crippen molar-refractivity contribution in [3.8, 4) is 0 Å². The first-order chi connectivity index (χ1) is 7.67. The summed E-state index contributed by atoms with van der Waals surface area (Å²) < 4.78 is 0. The van der Waals surface area contributed by atoms with Crippen LogP contribution >= 0.6 is 0 Å². The normalized spacial score (nSPS) is 23.2. The molecule has 0 aliphatic carbocycles. The van der Waals surface area contributed by atoms with Gasteiger partial charge in [0.1, 0.15) is 0 Å². The molecule has 0 amide bonds. The Morgan fingerprint density at radius 3 is 2.25 bits per heavy atom. The molecule has 1 N–H and O–H groups in total. The molecule has 1 heterocycles. The zero-order valence-electron chi connectivity index (χ0n) is 11.5. The molecule has 3 nitrogen and oxygen atoms in total. The van der Waals surface area contributed by atoms with E-state index in [9.17, 15) is 0 Å². The van der Waals surface area contributed by atoms with Crippen molar-refractivity contribution in [1.82, 2.24) is 15.1 Å². The van der Waals surface area contributed by atoms with Crippen molar-refractivity contribution in [2.45, 2.75) is 45.7 Å². The summed E-state index contributed by atoms with van der Waals surface area (Å²) in [5, 5.41) is 3.30. The van der Waals surface area contributed by atoms with Crippen LogP contribution in [0.1, 0.15) is 33.6 Å². The molecule has 2 unspecified atom stereocenters. The first-order valence-electron chi connectivity index (χ1n) is 6.81. The molecule has 0 spiro atoms. The van der Waals surface area contributed by atoms with Gasteiger partial charge in [-0.15, -0.1) is 0 Å². The Labute approximate surface area is 101 Å². The van der Waals surface area contributed by atoms with Gasteiger partial charge >= 0.3 is 0 Å². The van der Waals surface area contributed by atoms with Gasteiger partial charge in [-0.2, -0.15) is 0 Å². The Kier molecular flexibility index (Phi) is 6.32. The highest BCUT2D eigenvalue weighted by Crippen LogP contribution is 2.09. The average Bonchev–Trinajstić information content (AvgIpc) is 2.35. The zero-order valence-corrected chi connectivity index (χ0v) is 11.5. The largest absolute Gasteiger partial charge is 0.317 e. The van der Waals surface area contributed by atoms with E-state index >= 15 is 0 Å². The lowest BCUT2D eigenvalue weighted by molar-refractivity contribution is 0.0984. The van der Waals surface area contributed by atoms with Crippen LogP contribution in [0.5, 0.6) is 0 Å². The third kappa shape index (κ3) is 4.40. The second-order valence-corrected chi connectivity index (χ2v) is 5.11. The van der Waals surface area contributed by atoms with Crippen LogP contribution < -0.4 is 5.32 Å². The third-order valence-corrected chi connectivity index (χ3v) is 3.99. The fourth-order valence-electron chi connectivity index (χ4n) is 2.21. The fourth-order valence-corrected chi connectivity index (χ4v) is 2.21. The minimum absolute atomic E-state index is 0.646. The van der Waals surface area contributed by atoms with Crippen LogP contribution in [0, 0.1) is 0 Å². The van der Waals surface area contributed by atoms with Gasteiger partial charge < -0.3 is 10.2 Å². The number of nitrogens with zero attached hydrogens (tertiary/aromatic N) is 2. The molecule has 1 rings (SSSR count). The fraction of sp³-hybridized carbons (Fsp3) is 1.00. The summed E-state index contributed by atoms with van der Waals surface area (Å²) in [6.07, 6.45) is 2.54. The van der Waals surface area contributed by atoms with E-state index in [4.69, 9.17) is 0 Å². The van der Waals surface area contributed by atoms with Crippen molar-refractivity contribution in [3.05, 3.63) is 0 Å². The van der Waals surface area contributed by atoms with Crippen LogP contribution in [-0.4, -0.2) is 61.7 Å². The summed E-state index contributed by atoms with van der Waals surface area (Å²) >= 11 is 0. The monoisotopic (exact) mass is 227 g/mol. The minimum Gasteiger partial charge on any atom is -0.317 e. The molecular formula is C13H29N3. The van der Waals surface area contributed by atoms with E-state index < -0.39 is 0 Å². The molecule has 96 valence electrons. The maximum absolute atomic E-state index is 3.30. The van der Waals surface area contributed by atoms with E-state index in [1.807, 2.05) is 7.05 Å². The van der Waals surface area contributed by atoms with Crippen LogP contribution in [0.2, 0.25) is 0 Å². The van der Waals surface area contributed by atoms with Gasteiger partial charge in [0, 0.05) is 38.3 Å². The summed E-state index contributed by atoms with van der Waals surface area (Å²) in [7, 11) is 2.05. The highest BCUT2D eigenvalue weighted by Gasteiger charge is 2.19. The van der Waals surface area contributed by atoms with Crippen molar-refractivity contribution in [2.24, 2.45) is 0 Å². The Hall–Kier alpha value is -0.120. The molecule has 16 heavy (non-hydrogen) atoms. The average molecular weight is 227 g/mol. The Morgan fingerprint density at radius 1 is 1.12 bits per heavy atom. The van der Waals surface area contributed by atoms with E-state index in [1.165, 1.54) is 45.6 Å². The smallest absolute Gasteiger partial charge is 0.0113 e. The third-order valence-electron chi connectivity index (χ3n) is 3.99. The molecule has 0 aromatic rings. The topological polar surface area (TPSA) is 18.5 Å². The molecule has 0 bridgehead atoms. The summed E-state index contributed by atoms with van der Waals surface area (Å²) in [5.41, 5.74) is 0. The molecule has 1 aliphatic heterocycles. The predicted molar refractivity (Wildman–Crippen MR) is 70.9 cm³/mol. The first-order valence-corrected chi connectivity index (χ1v) is 6.81. The van der Waals surface area contributed by atoms with Gasteiger partial charge in [0.2, 0.25) is 0 Å². The van der Waals surface area contributed by atoms with Crippen molar-refractivity contribution in [2.75, 3.05) is 39.8 Å². The summed E-state index contributed by atoms with van der Waals surface area (Å²) in [4.78, 5) is 5.23. The Balaban J connectivity index is 2.17. The van der Waals surface area contributed by atoms with Crippen LogP contribution in [0.4, 0.5) is 0 Å². The Morgan fingerprint density at radius 2 is 1.75 bits per heavy atom. The van der Waals surface area contributed by atoms with Gasteiger partial charge in [-0.3, -0.25) is 4.90 Å². The second-order valence-electron chi connectivity index (χ2n) is 5.11. The first kappa shape index (κ1) is 13.9. The van der Waals surface area contributed by atoms with Crippen molar-refractivity contribution < 1.29 is 0 Å². The van der Waals surface area contributed by atoms with Gasteiger partial charge in [-0.05, 0) is 40.3 Å². The van der Waals surface area contributed by atoms with E-state index in [0.717, 1.165) is 6.04 Å². The maximum atomic E-state index is 3.30. The van der Waals surface area contributed by atoms with Crippen molar-refractivity contribution in [1.29, 1.82) is 0 Å². The van der Waals surface area contributed by atoms with Gasteiger partial charge in [0.15, 0.2) is 0 Å². The van der Waals surface area contributed by atoms with E-state index in [0.29, 0.717) is 6.04 Å². The standard InChI is InChI=1S/C13H29N3/c1-5-13(3)16-10-8-15(9-11-16)7-6-12(2)14-4/h12-14H,5-11H2,1-4H3. The van der Waals surface area contributed by atoms with Crippen LogP contribution in [0.3, 0.4) is 0 Å². The molecule has 0 aromatic heterocycles. The summed E-state index contributed by atoms with van der Waals surface area (Å²) in [5.74, 6) is 0. The lowest BCUT2D eigenvalue weighted by atomic mass is 10.1. The molecule has 0 radical (unpaired) electrons. The van der Waals surface area contributed by atoms with Gasteiger partial charge in [0.05, 0.1) is 0 Å². The van der Waals surface area contributed by atoms with E-state index in [1.54, 1.807) is 0 Å². The summed E-state index contributed by atoms with van der Waals surface area (Å²) in [6.45, 7) is 13.1. The van der Waals surface area contributed by atoms with Crippen LogP contribution in [0.25, 0.3) is 0 Å². The molecule has 3 heteroatoms. The molecule has 0 saturated carbocycles. The molecular weight excluding hydrogens is 198 g/mol. The van der Waals surface area contributed by atoms with Gasteiger partial charge in [-0.1, -0.05) is 6.92 Å². The molecule has 1 fully saturated rings. The van der Waals surface area contributed by atoms with E-state index in [2.05, 4.69) is 35.9 Å². The van der Waals surface area contributed by atoms with Crippen LogP contribution in [-0.2, 0) is 0 Å². The quantitative estimate of drug-likeness (QED) is 0.740. The number of nitrogens with one attached hydrogen (secondary N) is 1. The second kappa shape index (κ2) is 7.25. The number of hydrogen-bond acceptors (Lipinski definition) is 3. The van der Waals surface area contributed by atoms with Gasteiger partial charge in [0.25, 0.3) is 0 Å². The van der Waals surface area contributed by atoms with Crippen LogP contribution in [0.15, 0.2) is 0 Å². The lowest BCUT2D eigenvalue weighted by Crippen LogP contribution is -2.50. The predicted octanol–water partition coefficient (Wildman–Crippen LogP) is 1.40. The zero-order chi connectivity index (χ0) is 12.0. The number of hydrogen-bond donors (Lipinski definition) is 1. The lowest BCUT2D eigenvalue weighted by Gasteiger charge is -2.38. The molecule has 0 aromatic carbocycles.